The fourth-order valence-corrected chi connectivity index (χ4v) is 2.09. The van der Waals surface area contributed by atoms with Crippen LogP contribution in [0.15, 0.2) is 12.5 Å². The molecule has 0 aliphatic carbocycles. The highest BCUT2D eigenvalue weighted by Gasteiger charge is 2.19. The van der Waals surface area contributed by atoms with E-state index in [2.05, 4.69) is 42.3 Å². The third-order valence-corrected chi connectivity index (χ3v) is 3.21. The molecule has 0 aliphatic heterocycles. The predicted octanol–water partition coefficient (Wildman–Crippen LogP) is 2.20. The van der Waals surface area contributed by atoms with Gasteiger partial charge in [0, 0.05) is 18.8 Å². The monoisotopic (exact) mass is 238 g/mol. The van der Waals surface area contributed by atoms with Crippen molar-refractivity contribution < 1.29 is 0 Å². The zero-order valence-electron chi connectivity index (χ0n) is 11.6. The number of nitrogens with two attached hydrogens (primary N) is 1. The summed E-state index contributed by atoms with van der Waals surface area (Å²) in [5, 5.41) is 0. The number of hydrogen-bond acceptors (Lipinski definition) is 3. The summed E-state index contributed by atoms with van der Waals surface area (Å²) in [4.78, 5) is 6.59. The summed E-state index contributed by atoms with van der Waals surface area (Å²) in [7, 11) is 2.14. The van der Waals surface area contributed by atoms with Crippen molar-refractivity contribution in [2.24, 2.45) is 5.73 Å². The van der Waals surface area contributed by atoms with Crippen molar-refractivity contribution >= 4 is 0 Å². The maximum absolute atomic E-state index is 5.92. The van der Waals surface area contributed by atoms with E-state index in [4.69, 9.17) is 5.73 Å². The smallest absolute Gasteiger partial charge is 0.0951 e. The van der Waals surface area contributed by atoms with Crippen LogP contribution in [0.2, 0.25) is 0 Å². The number of nitrogens with zero attached hydrogens (tertiary/aromatic N) is 3. The van der Waals surface area contributed by atoms with Crippen LogP contribution in [0.1, 0.15) is 51.4 Å². The molecule has 4 heteroatoms. The quantitative estimate of drug-likeness (QED) is 0.792. The van der Waals surface area contributed by atoms with Gasteiger partial charge in [-0.25, -0.2) is 4.98 Å². The number of rotatable bonds is 7. The van der Waals surface area contributed by atoms with Crippen LogP contribution in [-0.4, -0.2) is 34.6 Å². The second kappa shape index (κ2) is 6.77. The Morgan fingerprint density at radius 2 is 2.18 bits per heavy atom. The Morgan fingerprint density at radius 3 is 2.71 bits per heavy atom. The van der Waals surface area contributed by atoms with E-state index >= 15 is 0 Å². The molecular weight excluding hydrogens is 212 g/mol. The highest BCUT2D eigenvalue weighted by atomic mass is 15.2. The maximum atomic E-state index is 5.92. The number of hydrogen-bond donors (Lipinski definition) is 1. The Kier molecular flexibility index (Phi) is 5.65. The summed E-state index contributed by atoms with van der Waals surface area (Å²) in [6.45, 7) is 8.28. The summed E-state index contributed by atoms with van der Waals surface area (Å²) < 4.78 is 2.21. The van der Waals surface area contributed by atoms with Gasteiger partial charge in [-0.3, -0.25) is 4.90 Å². The van der Waals surface area contributed by atoms with E-state index in [9.17, 15) is 0 Å². The summed E-state index contributed by atoms with van der Waals surface area (Å²) in [6.07, 6.45) is 6.27. The van der Waals surface area contributed by atoms with Gasteiger partial charge in [-0.2, -0.15) is 0 Å². The van der Waals surface area contributed by atoms with Gasteiger partial charge in [0.2, 0.25) is 0 Å². The highest BCUT2D eigenvalue weighted by molar-refractivity contribution is 5.07. The third-order valence-electron chi connectivity index (χ3n) is 3.21. The van der Waals surface area contributed by atoms with Gasteiger partial charge in [-0.15, -0.1) is 0 Å². The molecule has 1 aromatic heterocycles. The SMILES string of the molecule is CCCCN(C)C(CN)c1cncn1C(C)C. The van der Waals surface area contributed by atoms with Gasteiger partial charge in [0.15, 0.2) is 0 Å². The van der Waals surface area contributed by atoms with Crippen molar-refractivity contribution in [1.29, 1.82) is 0 Å². The standard InChI is InChI=1S/C13H26N4/c1-5-6-7-16(4)12(8-14)13-9-15-10-17(13)11(2)3/h9-12H,5-8,14H2,1-4H3. The molecule has 1 rings (SSSR count). The zero-order chi connectivity index (χ0) is 12.8. The molecule has 4 nitrogen and oxygen atoms in total. The fourth-order valence-electron chi connectivity index (χ4n) is 2.09. The Bertz CT molecular complexity index is 319. The van der Waals surface area contributed by atoms with Gasteiger partial charge in [-0.1, -0.05) is 13.3 Å². The second-order valence-electron chi connectivity index (χ2n) is 4.91. The van der Waals surface area contributed by atoms with Gasteiger partial charge in [0.05, 0.1) is 18.1 Å². The summed E-state index contributed by atoms with van der Waals surface area (Å²) >= 11 is 0. The van der Waals surface area contributed by atoms with Crippen LogP contribution < -0.4 is 5.73 Å². The van der Waals surface area contributed by atoms with Crippen LogP contribution in [0.5, 0.6) is 0 Å². The van der Waals surface area contributed by atoms with Crippen molar-refractivity contribution in [3.8, 4) is 0 Å². The number of imidazole rings is 1. The second-order valence-corrected chi connectivity index (χ2v) is 4.91. The van der Waals surface area contributed by atoms with E-state index in [0.717, 1.165) is 6.54 Å². The average molecular weight is 238 g/mol. The topological polar surface area (TPSA) is 47.1 Å². The van der Waals surface area contributed by atoms with E-state index in [-0.39, 0.29) is 6.04 Å². The molecule has 0 amide bonds. The van der Waals surface area contributed by atoms with Crippen molar-refractivity contribution in [1.82, 2.24) is 14.5 Å². The lowest BCUT2D eigenvalue weighted by Gasteiger charge is -2.28. The van der Waals surface area contributed by atoms with E-state index in [1.807, 2.05) is 12.5 Å². The Labute approximate surface area is 105 Å². The van der Waals surface area contributed by atoms with E-state index in [1.165, 1.54) is 18.5 Å². The fraction of sp³-hybridized carbons (Fsp3) is 0.769. The lowest BCUT2D eigenvalue weighted by Crippen LogP contribution is -2.33. The Hall–Kier alpha value is -0.870. The highest BCUT2D eigenvalue weighted by Crippen LogP contribution is 2.21. The largest absolute Gasteiger partial charge is 0.331 e. The first kappa shape index (κ1) is 14.2. The summed E-state index contributed by atoms with van der Waals surface area (Å²) in [5.41, 5.74) is 7.15. The first-order valence-electron chi connectivity index (χ1n) is 6.53. The average Bonchev–Trinajstić information content (AvgIpc) is 2.76. The first-order chi connectivity index (χ1) is 8.11. The molecule has 0 fully saturated rings. The molecule has 98 valence electrons. The minimum Gasteiger partial charge on any atom is -0.331 e. The number of unbranched alkanes of at least 4 members (excludes halogenated alkanes) is 1. The van der Waals surface area contributed by atoms with Gasteiger partial charge in [0.1, 0.15) is 0 Å². The molecule has 0 spiro atoms. The van der Waals surface area contributed by atoms with Gasteiger partial charge < -0.3 is 10.3 Å². The molecule has 0 aliphatic rings. The summed E-state index contributed by atoms with van der Waals surface area (Å²) in [6, 6.07) is 0.701. The predicted molar refractivity (Wildman–Crippen MR) is 71.9 cm³/mol. The number of aromatic nitrogens is 2. The van der Waals surface area contributed by atoms with Crippen molar-refractivity contribution in [3.05, 3.63) is 18.2 Å². The van der Waals surface area contributed by atoms with Crippen LogP contribution in [0.25, 0.3) is 0 Å². The van der Waals surface area contributed by atoms with E-state index in [0.29, 0.717) is 12.6 Å². The van der Waals surface area contributed by atoms with Gasteiger partial charge in [0.25, 0.3) is 0 Å². The molecular formula is C13H26N4. The van der Waals surface area contributed by atoms with Crippen molar-refractivity contribution in [2.75, 3.05) is 20.1 Å². The van der Waals surface area contributed by atoms with Crippen molar-refractivity contribution in [3.63, 3.8) is 0 Å². The molecule has 2 N–H and O–H groups in total. The van der Waals surface area contributed by atoms with Crippen LogP contribution >= 0.6 is 0 Å². The molecule has 1 heterocycles. The minimum atomic E-state index is 0.270. The van der Waals surface area contributed by atoms with Gasteiger partial charge in [-0.05, 0) is 33.9 Å². The van der Waals surface area contributed by atoms with Gasteiger partial charge >= 0.3 is 0 Å². The van der Waals surface area contributed by atoms with E-state index in [1.54, 1.807) is 0 Å². The third kappa shape index (κ3) is 3.54. The molecule has 1 atom stereocenters. The molecule has 0 bridgehead atoms. The summed E-state index contributed by atoms with van der Waals surface area (Å²) in [5.74, 6) is 0. The van der Waals surface area contributed by atoms with Crippen molar-refractivity contribution in [2.45, 2.75) is 45.7 Å². The molecule has 17 heavy (non-hydrogen) atoms. The lowest BCUT2D eigenvalue weighted by atomic mass is 10.1. The normalized spacial score (nSPS) is 13.6. The van der Waals surface area contributed by atoms with E-state index < -0.39 is 0 Å². The molecule has 0 saturated carbocycles. The van der Waals surface area contributed by atoms with Crippen LogP contribution in [0.3, 0.4) is 0 Å². The Balaban J connectivity index is 2.81. The zero-order valence-corrected chi connectivity index (χ0v) is 11.6. The number of likely N-dealkylation sites (N-methyl/N-ethyl adjacent to an activating group) is 1. The van der Waals surface area contributed by atoms with Crippen LogP contribution in [0.4, 0.5) is 0 Å². The maximum Gasteiger partial charge on any atom is 0.0951 e. The molecule has 1 aromatic rings. The Morgan fingerprint density at radius 1 is 1.47 bits per heavy atom. The van der Waals surface area contributed by atoms with Crippen LogP contribution in [0, 0.1) is 0 Å². The minimum absolute atomic E-state index is 0.270. The first-order valence-corrected chi connectivity index (χ1v) is 6.53. The molecule has 0 saturated heterocycles. The molecule has 0 aromatic carbocycles. The van der Waals surface area contributed by atoms with Crippen LogP contribution in [-0.2, 0) is 0 Å². The molecule has 1 unspecified atom stereocenters. The molecule has 0 radical (unpaired) electrons. The lowest BCUT2D eigenvalue weighted by molar-refractivity contribution is 0.235.